The largest absolute Gasteiger partial charge is 0.510 e. The maximum absolute atomic E-state index is 14.3. The van der Waals surface area contributed by atoms with E-state index < -0.39 is 11.9 Å². The van der Waals surface area contributed by atoms with Crippen LogP contribution in [0.4, 0.5) is 0 Å². The van der Waals surface area contributed by atoms with E-state index in [0.29, 0.717) is 34.9 Å². The van der Waals surface area contributed by atoms with Crippen LogP contribution in [0.25, 0.3) is 0 Å². The lowest BCUT2D eigenvalue weighted by atomic mass is 9.84. The number of hydrogen-bond donors (Lipinski definition) is 2. The van der Waals surface area contributed by atoms with E-state index in [-0.39, 0.29) is 48.6 Å². The van der Waals surface area contributed by atoms with E-state index in [1.54, 1.807) is 0 Å². The Hall–Kier alpha value is -5.05. The van der Waals surface area contributed by atoms with Gasteiger partial charge < -0.3 is 19.9 Å². The third kappa shape index (κ3) is 12.2. The number of nitrogens with zero attached hydrogens (tertiary/aromatic N) is 3. The molecule has 1 fully saturated rings. The number of aliphatic hydroxyl groups is 1. The molecular weight excluding hydrogens is 845 g/mol. The minimum Gasteiger partial charge on any atom is -0.510 e. The van der Waals surface area contributed by atoms with Crippen molar-refractivity contribution in [3.05, 3.63) is 116 Å². The molecule has 0 aromatic carbocycles. The van der Waals surface area contributed by atoms with Gasteiger partial charge in [0.2, 0.25) is 0 Å². The quantitative estimate of drug-likeness (QED) is 0.0873. The number of aliphatic imine (C=N–C) groups is 3. The van der Waals surface area contributed by atoms with Crippen LogP contribution in [0.1, 0.15) is 167 Å². The number of fused-ring (bicyclic) bond motifs is 5. The topological polar surface area (TPSA) is 122 Å². The summed E-state index contributed by atoms with van der Waals surface area (Å²) in [5.74, 6) is -0.0165. The van der Waals surface area contributed by atoms with Gasteiger partial charge in [-0.15, -0.1) is 0 Å². The van der Waals surface area contributed by atoms with Gasteiger partial charge in [-0.1, -0.05) is 125 Å². The number of rotatable bonds is 21. The van der Waals surface area contributed by atoms with Crippen LogP contribution in [0, 0.1) is 40.9 Å². The Morgan fingerprint density at radius 2 is 1.50 bits per heavy atom. The number of allylic oxidation sites excluding steroid dienone is 12. The molecule has 68 heavy (non-hydrogen) atoms. The Morgan fingerprint density at radius 1 is 0.853 bits per heavy atom. The van der Waals surface area contributed by atoms with Gasteiger partial charge in [0.1, 0.15) is 18.3 Å². The first kappa shape index (κ1) is 52.3. The first-order chi connectivity index (χ1) is 32.2. The van der Waals surface area contributed by atoms with E-state index in [0.717, 1.165) is 93.2 Å². The number of nitrogens with one attached hydrogen (secondary N) is 1. The average molecular weight is 927 g/mol. The SMILES string of the molecule is C=CC1=C(C)C2=NC1=CC1=NC(=CC3=C(C)C4=C(O)[C@@H](C(=O)OCC(C)(C)C)C(=C5NC(=C2)[C@@H](C)[C@@H]5CCC(=O)OC/C=C(\C)CCC[C@H](C)CCC[C@H](C)CCCC(C)C)C4=N3)C(CC)=C1C. The summed E-state index contributed by atoms with van der Waals surface area (Å²) in [6.45, 7) is 32.5. The van der Waals surface area contributed by atoms with Crippen LogP contribution < -0.4 is 5.32 Å². The van der Waals surface area contributed by atoms with Crippen LogP contribution in [0.3, 0.4) is 0 Å². The van der Waals surface area contributed by atoms with E-state index in [4.69, 9.17) is 24.5 Å². The normalized spacial score (nSPS) is 22.4. The molecule has 9 heteroatoms. The Balaban J connectivity index is 1.24. The molecule has 8 bridgehead atoms. The van der Waals surface area contributed by atoms with Crippen molar-refractivity contribution in [2.75, 3.05) is 13.2 Å². The first-order valence-corrected chi connectivity index (χ1v) is 25.8. The highest BCUT2D eigenvalue weighted by atomic mass is 16.5. The zero-order chi connectivity index (χ0) is 49.6. The van der Waals surface area contributed by atoms with Crippen LogP contribution in [-0.2, 0) is 19.1 Å². The molecule has 0 radical (unpaired) electrons. The van der Waals surface area contributed by atoms with Crippen LogP contribution >= 0.6 is 0 Å². The van der Waals surface area contributed by atoms with Gasteiger partial charge in [-0.05, 0) is 123 Å². The summed E-state index contributed by atoms with van der Waals surface area (Å²) in [5, 5.41) is 15.9. The van der Waals surface area contributed by atoms with Crippen molar-refractivity contribution in [2.24, 2.45) is 55.9 Å². The van der Waals surface area contributed by atoms with Crippen LogP contribution in [-0.4, -0.2) is 47.4 Å². The molecule has 368 valence electrons. The molecule has 0 amide bonds. The number of carbonyl (C=O) groups excluding carboxylic acids is 2. The van der Waals surface area contributed by atoms with Crippen molar-refractivity contribution in [3.63, 3.8) is 0 Å². The van der Waals surface area contributed by atoms with Gasteiger partial charge in [-0.25, -0.2) is 15.0 Å². The third-order valence-electron chi connectivity index (χ3n) is 14.8. The fourth-order valence-electron chi connectivity index (χ4n) is 10.5. The minimum absolute atomic E-state index is 0.0726. The second-order valence-corrected chi connectivity index (χ2v) is 22.2. The Kier molecular flexibility index (Phi) is 17.4. The van der Waals surface area contributed by atoms with Gasteiger partial charge in [0.15, 0.2) is 0 Å². The second kappa shape index (κ2) is 22.6. The molecule has 6 aliphatic rings. The lowest BCUT2D eigenvalue weighted by Gasteiger charge is -2.23. The monoisotopic (exact) mass is 927 g/mol. The molecule has 2 N–H and O–H groups in total. The van der Waals surface area contributed by atoms with Crippen LogP contribution in [0.15, 0.2) is 131 Å². The Bertz CT molecular complexity index is 2410. The zero-order valence-corrected chi connectivity index (χ0v) is 43.9. The van der Waals surface area contributed by atoms with E-state index in [1.807, 2.05) is 52.0 Å². The van der Waals surface area contributed by atoms with E-state index in [2.05, 4.69) is 80.3 Å². The highest BCUT2D eigenvalue weighted by Gasteiger charge is 2.49. The van der Waals surface area contributed by atoms with Crippen molar-refractivity contribution in [3.8, 4) is 0 Å². The molecule has 0 aromatic heterocycles. The second-order valence-electron chi connectivity index (χ2n) is 22.2. The summed E-state index contributed by atoms with van der Waals surface area (Å²) in [6.07, 6.45) is 22.7. The van der Waals surface area contributed by atoms with Gasteiger partial charge in [0.25, 0.3) is 0 Å². The maximum Gasteiger partial charge on any atom is 0.321 e. The third-order valence-corrected chi connectivity index (χ3v) is 14.8. The fourth-order valence-corrected chi connectivity index (χ4v) is 10.5. The first-order valence-electron chi connectivity index (χ1n) is 25.8. The fraction of sp³-hybridized carbons (Fsp3) is 0.576. The highest BCUT2D eigenvalue weighted by Crippen LogP contribution is 2.49. The van der Waals surface area contributed by atoms with Crippen molar-refractivity contribution in [1.29, 1.82) is 0 Å². The number of esters is 2. The van der Waals surface area contributed by atoms with Crippen molar-refractivity contribution < 1.29 is 24.2 Å². The molecule has 1 saturated heterocycles. The van der Waals surface area contributed by atoms with Gasteiger partial charge in [-0.2, -0.15) is 0 Å². The smallest absolute Gasteiger partial charge is 0.321 e. The van der Waals surface area contributed by atoms with Crippen molar-refractivity contribution >= 4 is 29.1 Å². The number of carbonyl (C=O) groups is 2. The van der Waals surface area contributed by atoms with Crippen LogP contribution in [0.5, 0.6) is 0 Å². The van der Waals surface area contributed by atoms with Crippen LogP contribution in [0.2, 0.25) is 0 Å². The number of hydrogen-bond acceptors (Lipinski definition) is 9. The van der Waals surface area contributed by atoms with Gasteiger partial charge >= 0.3 is 11.9 Å². The molecule has 9 nitrogen and oxygen atoms in total. The summed E-state index contributed by atoms with van der Waals surface area (Å²) in [7, 11) is 0. The Labute approximate surface area is 409 Å². The summed E-state index contributed by atoms with van der Waals surface area (Å²) >= 11 is 0. The lowest BCUT2D eigenvalue weighted by molar-refractivity contribution is -0.149. The maximum atomic E-state index is 14.3. The van der Waals surface area contributed by atoms with Gasteiger partial charge in [0, 0.05) is 46.4 Å². The predicted octanol–water partition coefficient (Wildman–Crippen LogP) is 14.4. The zero-order valence-electron chi connectivity index (χ0n) is 43.9. The summed E-state index contributed by atoms with van der Waals surface area (Å²) in [6, 6.07) is 0. The lowest BCUT2D eigenvalue weighted by Crippen LogP contribution is -2.28. The molecular formula is C59H82N4O5. The number of ether oxygens (including phenoxy) is 2. The molecule has 0 unspecified atom stereocenters. The molecule has 0 saturated carbocycles. The predicted molar refractivity (Wildman–Crippen MR) is 280 cm³/mol. The standard InChI is InChI=1S/C59H82N4O5/c1-15-42-38(8)45-30-47-40(10)44(26-27-51(64)67-29-28-37(7)25-19-24-36(6)23-18-22-35(5)21-17-20-34(3)4)55(62-47)53-54(58(66)68-33-59(12,13)14)57(65)52-41(11)48(63-56(52)53)32-50-43(16-2)39(9)46(61-50)31-49(42)60-45/h15,28,30-32,34-36,40,44,54,62,65H,1,16-27,29,33H2,2-14H3/b37-28+,47-30?,49-31?,50-32?,55-53?/t35-,36-,40+,44+,54+/m1/s1. The van der Waals surface area contributed by atoms with Gasteiger partial charge in [-0.3, -0.25) is 9.59 Å². The van der Waals surface area contributed by atoms with E-state index >= 15 is 0 Å². The number of aliphatic hydroxyl groups excluding tert-OH is 1. The van der Waals surface area contributed by atoms with E-state index in [9.17, 15) is 14.7 Å². The van der Waals surface area contributed by atoms with Gasteiger partial charge in [0.05, 0.1) is 40.8 Å². The van der Waals surface area contributed by atoms with E-state index in [1.165, 1.54) is 50.5 Å². The molecule has 5 heterocycles. The Morgan fingerprint density at radius 3 is 2.15 bits per heavy atom. The molecule has 6 rings (SSSR count). The minimum atomic E-state index is -1.10. The average Bonchev–Trinajstić information content (AvgIpc) is 4.01. The molecule has 1 aliphatic carbocycles. The van der Waals surface area contributed by atoms with Crippen molar-refractivity contribution in [1.82, 2.24) is 5.32 Å². The van der Waals surface area contributed by atoms with Crippen molar-refractivity contribution in [2.45, 2.75) is 167 Å². The molecule has 5 aliphatic heterocycles. The molecule has 5 atom stereocenters. The molecule has 0 spiro atoms. The summed E-state index contributed by atoms with van der Waals surface area (Å²) in [4.78, 5) is 43.4. The highest BCUT2D eigenvalue weighted by molar-refractivity contribution is 6.24. The summed E-state index contributed by atoms with van der Waals surface area (Å²) in [5.41, 5.74) is 13.1. The molecule has 0 aromatic rings. The summed E-state index contributed by atoms with van der Waals surface area (Å²) < 4.78 is 11.8.